The third-order valence-electron chi connectivity index (χ3n) is 5.55. The number of amides is 1. The number of carbonyl (C=O) groups is 2. The molecule has 0 saturated carbocycles. The summed E-state index contributed by atoms with van der Waals surface area (Å²) in [5, 5.41) is 11.0. The Bertz CT molecular complexity index is 878. The zero-order valence-electron chi connectivity index (χ0n) is 16.0. The zero-order valence-corrected chi connectivity index (χ0v) is 16.0. The molecule has 1 atom stereocenters. The molecule has 1 amide bonds. The molecule has 0 aliphatic carbocycles. The summed E-state index contributed by atoms with van der Waals surface area (Å²) in [4.78, 5) is 41.7. The molecule has 0 bridgehead atoms. The van der Waals surface area contributed by atoms with Crippen molar-refractivity contribution in [2.75, 3.05) is 20.1 Å². The Morgan fingerprint density at radius 1 is 1.03 bits per heavy atom. The van der Waals surface area contributed by atoms with Crippen LogP contribution in [0.5, 0.6) is 0 Å². The van der Waals surface area contributed by atoms with E-state index in [9.17, 15) is 14.7 Å². The van der Waals surface area contributed by atoms with Crippen molar-refractivity contribution in [2.45, 2.75) is 24.5 Å². The van der Waals surface area contributed by atoms with E-state index in [2.05, 4.69) is 0 Å². The van der Waals surface area contributed by atoms with Gasteiger partial charge in [-0.1, -0.05) is 42.5 Å². The van der Waals surface area contributed by atoms with Gasteiger partial charge in [0.1, 0.15) is 0 Å². The smallest absolute Gasteiger partial charge is 0.314 e. The molecule has 0 radical (unpaired) electrons. The van der Waals surface area contributed by atoms with Crippen molar-refractivity contribution in [3.8, 4) is 0 Å². The lowest BCUT2D eigenvalue weighted by Crippen LogP contribution is -2.49. The third kappa shape index (κ3) is 3.75. The van der Waals surface area contributed by atoms with Crippen LogP contribution >= 0.6 is 0 Å². The van der Waals surface area contributed by atoms with Crippen molar-refractivity contribution in [2.24, 2.45) is 0 Å². The van der Waals surface area contributed by atoms with Gasteiger partial charge in [0.2, 0.25) is 6.29 Å². The van der Waals surface area contributed by atoms with Crippen LogP contribution in [0.15, 0.2) is 54.6 Å². The van der Waals surface area contributed by atoms with Crippen LogP contribution in [0.25, 0.3) is 0 Å². The second kappa shape index (κ2) is 7.92. The molecule has 2 saturated heterocycles. The second-order valence-electron chi connectivity index (χ2n) is 7.22. The number of benzene rings is 2. The highest BCUT2D eigenvalue weighted by molar-refractivity contribution is 5.94. The van der Waals surface area contributed by atoms with E-state index >= 15 is 0 Å². The number of carbonyl (C=O) groups excluding carboxylic acids is 1. The molecular formula is C21H22N2O6. The maximum Gasteiger partial charge on any atom is 0.314 e. The number of rotatable bonds is 4. The molecule has 2 aliphatic heterocycles. The van der Waals surface area contributed by atoms with Crippen molar-refractivity contribution in [3.05, 3.63) is 71.3 Å². The molecule has 0 aromatic heterocycles. The SMILES string of the molecule is CN1OOC(c2ccc(C(=O)N3CCC(C(=O)O)(c4ccccc4)CC3)cc2)O1. The second-order valence-corrected chi connectivity index (χ2v) is 7.22. The van der Waals surface area contributed by atoms with Gasteiger partial charge in [-0.25, -0.2) is 4.84 Å². The number of carboxylic acids is 1. The molecule has 8 heteroatoms. The first kappa shape index (κ1) is 19.5. The molecule has 2 aromatic carbocycles. The highest BCUT2D eigenvalue weighted by Crippen LogP contribution is 2.36. The van der Waals surface area contributed by atoms with E-state index < -0.39 is 17.7 Å². The summed E-state index contributed by atoms with van der Waals surface area (Å²) in [6, 6.07) is 16.2. The monoisotopic (exact) mass is 398 g/mol. The average Bonchev–Trinajstić information content (AvgIpc) is 3.20. The molecular weight excluding hydrogens is 376 g/mol. The number of carboxylic acid groups (broad SMARTS) is 1. The van der Waals surface area contributed by atoms with Gasteiger partial charge in [-0.05, 0) is 35.8 Å². The van der Waals surface area contributed by atoms with E-state index in [1.54, 1.807) is 36.2 Å². The molecule has 29 heavy (non-hydrogen) atoms. The quantitative estimate of drug-likeness (QED) is 0.792. The van der Waals surface area contributed by atoms with Crippen LogP contribution in [0.3, 0.4) is 0 Å². The van der Waals surface area contributed by atoms with Gasteiger partial charge in [0, 0.05) is 31.3 Å². The van der Waals surface area contributed by atoms with E-state index in [-0.39, 0.29) is 5.91 Å². The summed E-state index contributed by atoms with van der Waals surface area (Å²) >= 11 is 0. The highest BCUT2D eigenvalue weighted by atomic mass is 17.4. The predicted octanol–water partition coefficient (Wildman–Crippen LogP) is 2.68. The number of aliphatic carboxylic acids is 1. The van der Waals surface area contributed by atoms with Crippen LogP contribution in [-0.2, 0) is 24.9 Å². The van der Waals surface area contributed by atoms with Crippen molar-refractivity contribution in [1.29, 1.82) is 0 Å². The highest BCUT2D eigenvalue weighted by Gasteiger charge is 2.43. The van der Waals surface area contributed by atoms with Gasteiger partial charge in [-0.15, -0.1) is 4.99 Å². The van der Waals surface area contributed by atoms with Gasteiger partial charge < -0.3 is 10.0 Å². The fraction of sp³-hybridized carbons (Fsp3) is 0.333. The number of likely N-dealkylation sites (tertiary alicyclic amines) is 1. The van der Waals surface area contributed by atoms with Crippen molar-refractivity contribution in [1.82, 2.24) is 10.1 Å². The van der Waals surface area contributed by atoms with Gasteiger partial charge in [0.25, 0.3) is 5.91 Å². The lowest BCUT2D eigenvalue weighted by molar-refractivity contribution is -0.402. The zero-order chi connectivity index (χ0) is 20.4. The minimum absolute atomic E-state index is 0.120. The van der Waals surface area contributed by atoms with Gasteiger partial charge in [0.05, 0.1) is 5.41 Å². The average molecular weight is 398 g/mol. The lowest BCUT2D eigenvalue weighted by Gasteiger charge is -2.39. The molecule has 2 aliphatic rings. The van der Waals surface area contributed by atoms with Crippen molar-refractivity contribution >= 4 is 11.9 Å². The van der Waals surface area contributed by atoms with E-state index in [4.69, 9.17) is 14.7 Å². The lowest BCUT2D eigenvalue weighted by atomic mass is 9.73. The molecule has 2 heterocycles. The van der Waals surface area contributed by atoms with Crippen LogP contribution in [0.1, 0.15) is 40.6 Å². The summed E-state index contributed by atoms with van der Waals surface area (Å²) < 4.78 is 0. The van der Waals surface area contributed by atoms with Crippen molar-refractivity contribution in [3.63, 3.8) is 0 Å². The summed E-state index contributed by atoms with van der Waals surface area (Å²) in [5.74, 6) is -0.964. The van der Waals surface area contributed by atoms with Crippen molar-refractivity contribution < 1.29 is 29.4 Å². The summed E-state index contributed by atoms with van der Waals surface area (Å²) in [5.41, 5.74) is 1.08. The Labute approximate surface area is 168 Å². The minimum atomic E-state index is -0.953. The van der Waals surface area contributed by atoms with E-state index in [1.807, 2.05) is 30.3 Å². The van der Waals surface area contributed by atoms with Gasteiger partial charge in [-0.3, -0.25) is 9.59 Å². The summed E-state index contributed by atoms with van der Waals surface area (Å²) in [6.07, 6.45) is 0.0777. The molecule has 152 valence electrons. The largest absolute Gasteiger partial charge is 0.481 e. The Morgan fingerprint density at radius 2 is 1.69 bits per heavy atom. The fourth-order valence-corrected chi connectivity index (χ4v) is 3.83. The molecule has 2 fully saturated rings. The summed E-state index contributed by atoms with van der Waals surface area (Å²) in [7, 11) is 1.57. The number of piperidine rings is 1. The number of nitrogens with zero attached hydrogens (tertiary/aromatic N) is 2. The molecule has 4 rings (SSSR count). The van der Waals surface area contributed by atoms with E-state index in [1.165, 1.54) is 0 Å². The standard InChI is InChI=1S/C21H22N2O6/c1-22-27-19(28-29-22)16-9-7-15(8-10-16)18(24)23-13-11-21(12-14-23,20(25)26)17-5-3-2-4-6-17/h2-10,19H,11-14H2,1H3,(H,25,26). The Kier molecular flexibility index (Phi) is 5.33. The fourth-order valence-electron chi connectivity index (χ4n) is 3.83. The normalized spacial score (nSPS) is 21.8. The van der Waals surface area contributed by atoms with Crippen LogP contribution in [0.4, 0.5) is 0 Å². The number of hydrogen-bond donors (Lipinski definition) is 1. The van der Waals surface area contributed by atoms with Gasteiger partial charge >= 0.3 is 5.97 Å². The maximum atomic E-state index is 12.9. The van der Waals surface area contributed by atoms with E-state index in [0.717, 1.165) is 16.4 Å². The topological polar surface area (TPSA) is 88.5 Å². The van der Waals surface area contributed by atoms with Gasteiger partial charge in [0.15, 0.2) is 0 Å². The van der Waals surface area contributed by atoms with Crippen LogP contribution in [-0.4, -0.2) is 47.2 Å². The van der Waals surface area contributed by atoms with Crippen LogP contribution in [0.2, 0.25) is 0 Å². The first-order valence-corrected chi connectivity index (χ1v) is 9.42. The third-order valence-corrected chi connectivity index (χ3v) is 5.55. The Balaban J connectivity index is 1.44. The van der Waals surface area contributed by atoms with Gasteiger partial charge in [-0.2, -0.15) is 4.89 Å². The maximum absolute atomic E-state index is 12.9. The molecule has 1 N–H and O–H groups in total. The minimum Gasteiger partial charge on any atom is -0.481 e. The first-order valence-electron chi connectivity index (χ1n) is 9.42. The molecule has 0 spiro atoms. The van der Waals surface area contributed by atoms with E-state index in [0.29, 0.717) is 31.5 Å². The molecule has 2 aromatic rings. The Hall–Kier alpha value is -2.78. The summed E-state index contributed by atoms with van der Waals surface area (Å²) in [6.45, 7) is 0.768. The Morgan fingerprint density at radius 3 is 2.24 bits per heavy atom. The molecule has 8 nitrogen and oxygen atoms in total. The first-order chi connectivity index (χ1) is 14.0. The van der Waals surface area contributed by atoms with Crippen LogP contribution < -0.4 is 0 Å². The number of hydroxylamine groups is 2. The van der Waals surface area contributed by atoms with Crippen LogP contribution in [0, 0.1) is 0 Å². The number of hydrogen-bond acceptors (Lipinski definition) is 6. The predicted molar refractivity (Wildman–Crippen MR) is 101 cm³/mol. The molecule has 1 unspecified atom stereocenters.